The summed E-state index contributed by atoms with van der Waals surface area (Å²) in [6.45, 7) is 0. The van der Waals surface area contributed by atoms with Crippen LogP contribution in [0.4, 0.5) is 5.69 Å². The van der Waals surface area contributed by atoms with Gasteiger partial charge in [-0.05, 0) is 23.3 Å². The van der Waals surface area contributed by atoms with Gasteiger partial charge in [0.15, 0.2) is 0 Å². The largest absolute Gasteiger partial charge is 0.397 e. The quantitative estimate of drug-likeness (QED) is 0.760. The van der Waals surface area contributed by atoms with Crippen molar-refractivity contribution in [2.75, 3.05) is 5.73 Å². The summed E-state index contributed by atoms with van der Waals surface area (Å²) in [5.74, 6) is -0.314. The lowest BCUT2D eigenvalue weighted by molar-refractivity contribution is 0.0853. The number of rotatable bonds is 2. The molecule has 2 atom stereocenters. The first-order valence-electron chi connectivity index (χ1n) is 6.43. The number of amides is 1. The van der Waals surface area contributed by atoms with Gasteiger partial charge in [-0.15, -0.1) is 0 Å². The van der Waals surface area contributed by atoms with Crippen molar-refractivity contribution in [3.05, 3.63) is 59.4 Å². The molecule has 0 bridgehead atoms. The van der Waals surface area contributed by atoms with Crippen LogP contribution in [0.15, 0.2) is 42.6 Å². The maximum Gasteiger partial charge on any atom is 0.270 e. The second kappa shape index (κ2) is 4.94. The Morgan fingerprint density at radius 1 is 1.30 bits per heavy atom. The Morgan fingerprint density at radius 3 is 2.85 bits per heavy atom. The summed E-state index contributed by atoms with van der Waals surface area (Å²) in [6.07, 6.45) is 1.38. The number of aliphatic hydroxyl groups excluding tert-OH is 1. The van der Waals surface area contributed by atoms with E-state index in [1.807, 2.05) is 24.3 Å². The Bertz CT molecular complexity index is 640. The monoisotopic (exact) mass is 269 g/mol. The van der Waals surface area contributed by atoms with Crippen molar-refractivity contribution >= 4 is 11.6 Å². The molecule has 0 fully saturated rings. The molecule has 1 amide bonds. The number of carbonyl (C=O) groups is 1. The van der Waals surface area contributed by atoms with Gasteiger partial charge in [-0.1, -0.05) is 24.3 Å². The predicted molar refractivity (Wildman–Crippen MR) is 75.0 cm³/mol. The molecule has 5 heteroatoms. The minimum atomic E-state index is -0.606. The van der Waals surface area contributed by atoms with Crippen molar-refractivity contribution in [3.63, 3.8) is 0 Å². The van der Waals surface area contributed by atoms with Gasteiger partial charge in [0.1, 0.15) is 5.69 Å². The van der Waals surface area contributed by atoms with Gasteiger partial charge in [-0.25, -0.2) is 4.98 Å². The molecule has 2 aromatic rings. The van der Waals surface area contributed by atoms with Gasteiger partial charge in [0.05, 0.1) is 24.0 Å². The zero-order valence-electron chi connectivity index (χ0n) is 10.8. The molecule has 20 heavy (non-hydrogen) atoms. The van der Waals surface area contributed by atoms with Crippen LogP contribution in [0.2, 0.25) is 0 Å². The minimum absolute atomic E-state index is 0.288. The molecule has 0 saturated heterocycles. The van der Waals surface area contributed by atoms with Crippen LogP contribution in [0.5, 0.6) is 0 Å². The van der Waals surface area contributed by atoms with Crippen molar-refractivity contribution in [1.82, 2.24) is 10.3 Å². The van der Waals surface area contributed by atoms with Gasteiger partial charge in [0, 0.05) is 6.42 Å². The Hall–Kier alpha value is -2.40. The lowest BCUT2D eigenvalue weighted by Gasteiger charge is -2.17. The summed E-state index contributed by atoms with van der Waals surface area (Å²) >= 11 is 0. The normalized spacial score (nSPS) is 20.4. The number of nitrogen functional groups attached to an aromatic ring is 1. The molecular formula is C15H15N3O2. The summed E-state index contributed by atoms with van der Waals surface area (Å²) in [6, 6.07) is 10.5. The minimum Gasteiger partial charge on any atom is -0.397 e. The average Bonchev–Trinajstić information content (AvgIpc) is 2.76. The number of aliphatic hydroxyl groups is 1. The molecule has 0 unspecified atom stereocenters. The third-order valence-electron chi connectivity index (χ3n) is 3.51. The van der Waals surface area contributed by atoms with E-state index < -0.39 is 12.1 Å². The molecular weight excluding hydrogens is 254 g/mol. The van der Waals surface area contributed by atoms with Gasteiger partial charge >= 0.3 is 0 Å². The maximum atomic E-state index is 12.1. The highest BCUT2D eigenvalue weighted by molar-refractivity contribution is 5.92. The number of nitrogens with two attached hydrogens (primary N) is 1. The predicted octanol–water partition coefficient (Wildman–Crippen LogP) is 1.05. The van der Waals surface area contributed by atoms with Crippen LogP contribution >= 0.6 is 0 Å². The highest BCUT2D eigenvalue weighted by atomic mass is 16.3. The van der Waals surface area contributed by atoms with Gasteiger partial charge in [0.25, 0.3) is 5.91 Å². The fourth-order valence-electron chi connectivity index (χ4n) is 2.50. The maximum absolute atomic E-state index is 12.1. The molecule has 1 aromatic carbocycles. The number of carbonyl (C=O) groups excluding carboxylic acids is 1. The van der Waals surface area contributed by atoms with Crippen LogP contribution < -0.4 is 11.1 Å². The molecule has 0 radical (unpaired) electrons. The first-order valence-corrected chi connectivity index (χ1v) is 6.43. The van der Waals surface area contributed by atoms with E-state index in [4.69, 9.17) is 5.73 Å². The number of benzene rings is 1. The molecule has 102 valence electrons. The van der Waals surface area contributed by atoms with E-state index in [0.29, 0.717) is 12.1 Å². The fourth-order valence-corrected chi connectivity index (χ4v) is 2.50. The zero-order valence-corrected chi connectivity index (χ0v) is 10.8. The number of nitrogens with one attached hydrogen (secondary N) is 1. The summed E-state index contributed by atoms with van der Waals surface area (Å²) in [7, 11) is 0. The molecule has 1 aliphatic rings. The SMILES string of the molecule is Nc1ccc(C(=O)N[C@@H]2c3ccccc3C[C@@H]2O)nc1. The Balaban J connectivity index is 1.81. The zero-order chi connectivity index (χ0) is 14.1. The molecule has 1 heterocycles. The number of fused-ring (bicyclic) bond motifs is 1. The van der Waals surface area contributed by atoms with Gasteiger partial charge in [0.2, 0.25) is 0 Å². The molecule has 0 spiro atoms. The second-order valence-corrected chi connectivity index (χ2v) is 4.90. The van der Waals surface area contributed by atoms with Crippen LogP contribution in [0.3, 0.4) is 0 Å². The van der Waals surface area contributed by atoms with Crippen molar-refractivity contribution in [2.45, 2.75) is 18.6 Å². The topological polar surface area (TPSA) is 88.2 Å². The third kappa shape index (κ3) is 2.23. The lowest BCUT2D eigenvalue weighted by atomic mass is 10.1. The van der Waals surface area contributed by atoms with Crippen LogP contribution in [0.25, 0.3) is 0 Å². The first kappa shape index (κ1) is 12.6. The van der Waals surface area contributed by atoms with E-state index in [2.05, 4.69) is 10.3 Å². The van der Waals surface area contributed by atoms with Crippen molar-refractivity contribution < 1.29 is 9.90 Å². The molecule has 1 aliphatic carbocycles. The Labute approximate surface area is 116 Å². The number of anilines is 1. The third-order valence-corrected chi connectivity index (χ3v) is 3.51. The first-order chi connectivity index (χ1) is 9.65. The number of pyridine rings is 1. The Kier molecular flexibility index (Phi) is 3.12. The number of nitrogens with zero attached hydrogens (tertiary/aromatic N) is 1. The molecule has 0 saturated carbocycles. The van der Waals surface area contributed by atoms with E-state index in [-0.39, 0.29) is 11.6 Å². The summed E-state index contributed by atoms with van der Waals surface area (Å²) in [4.78, 5) is 16.1. The van der Waals surface area contributed by atoms with Crippen molar-refractivity contribution in [3.8, 4) is 0 Å². The molecule has 1 aromatic heterocycles. The highest BCUT2D eigenvalue weighted by Crippen LogP contribution is 2.31. The molecule has 0 aliphatic heterocycles. The van der Waals surface area contributed by atoms with E-state index in [1.54, 1.807) is 12.1 Å². The lowest BCUT2D eigenvalue weighted by Crippen LogP contribution is -2.34. The smallest absolute Gasteiger partial charge is 0.270 e. The number of aromatic nitrogens is 1. The second-order valence-electron chi connectivity index (χ2n) is 4.90. The number of hydrogen-bond acceptors (Lipinski definition) is 4. The molecule has 5 nitrogen and oxygen atoms in total. The highest BCUT2D eigenvalue weighted by Gasteiger charge is 2.32. The van der Waals surface area contributed by atoms with Gasteiger partial charge in [-0.2, -0.15) is 0 Å². The van der Waals surface area contributed by atoms with Gasteiger partial charge < -0.3 is 16.2 Å². The van der Waals surface area contributed by atoms with E-state index >= 15 is 0 Å². The van der Waals surface area contributed by atoms with Crippen molar-refractivity contribution in [1.29, 1.82) is 0 Å². The Morgan fingerprint density at radius 2 is 2.10 bits per heavy atom. The van der Waals surface area contributed by atoms with Crippen LogP contribution in [0, 0.1) is 0 Å². The fraction of sp³-hybridized carbons (Fsp3) is 0.200. The standard InChI is InChI=1S/C15H15N3O2/c16-10-5-6-12(17-8-10)15(20)18-14-11-4-2-1-3-9(11)7-13(14)19/h1-6,8,13-14,19H,7,16H2,(H,18,20)/t13-,14+/m0/s1. The molecule has 4 N–H and O–H groups in total. The summed E-state index contributed by atoms with van der Waals surface area (Å²) in [5, 5.41) is 12.9. The van der Waals surface area contributed by atoms with Crippen LogP contribution in [-0.2, 0) is 6.42 Å². The van der Waals surface area contributed by atoms with E-state index in [9.17, 15) is 9.90 Å². The number of hydrogen-bond donors (Lipinski definition) is 3. The summed E-state index contributed by atoms with van der Waals surface area (Å²) in [5.41, 5.74) is 8.36. The average molecular weight is 269 g/mol. The van der Waals surface area contributed by atoms with Crippen LogP contribution in [0.1, 0.15) is 27.7 Å². The van der Waals surface area contributed by atoms with Gasteiger partial charge in [-0.3, -0.25) is 4.79 Å². The van der Waals surface area contributed by atoms with Crippen LogP contribution in [-0.4, -0.2) is 22.1 Å². The van der Waals surface area contributed by atoms with Crippen molar-refractivity contribution in [2.24, 2.45) is 0 Å². The van der Waals surface area contributed by atoms with E-state index in [0.717, 1.165) is 11.1 Å². The molecule has 3 rings (SSSR count). The summed E-state index contributed by atoms with van der Waals surface area (Å²) < 4.78 is 0. The van der Waals surface area contributed by atoms with E-state index in [1.165, 1.54) is 6.20 Å².